The number of carboxylic acid groups (broad SMARTS) is 1. The molecule has 1 fully saturated rings. The van der Waals surface area contributed by atoms with Gasteiger partial charge in [0.25, 0.3) is 0 Å². The Hall–Kier alpha value is -2.96. The van der Waals surface area contributed by atoms with Crippen molar-refractivity contribution in [2.45, 2.75) is 44.4 Å². The van der Waals surface area contributed by atoms with E-state index >= 15 is 0 Å². The van der Waals surface area contributed by atoms with E-state index in [4.69, 9.17) is 4.98 Å². The van der Waals surface area contributed by atoms with Crippen molar-refractivity contribution in [1.29, 1.82) is 0 Å². The predicted molar refractivity (Wildman–Crippen MR) is 115 cm³/mol. The Bertz CT molecular complexity index is 965. The molecule has 164 valence electrons. The van der Waals surface area contributed by atoms with Crippen LogP contribution in [0.15, 0.2) is 36.4 Å². The van der Waals surface area contributed by atoms with Crippen LogP contribution >= 0.6 is 0 Å². The third-order valence-electron chi connectivity index (χ3n) is 6.31. The smallest absolute Gasteiger partial charge is 0.303 e. The second-order valence-corrected chi connectivity index (χ2v) is 8.42. The van der Waals surface area contributed by atoms with Crippen molar-refractivity contribution in [3.05, 3.63) is 59.0 Å². The van der Waals surface area contributed by atoms with Crippen LogP contribution in [-0.2, 0) is 22.4 Å². The molecule has 0 radical (unpaired) electrons. The van der Waals surface area contributed by atoms with Gasteiger partial charge in [0.05, 0.1) is 6.42 Å². The van der Waals surface area contributed by atoms with Crippen molar-refractivity contribution < 1.29 is 19.1 Å². The Morgan fingerprint density at radius 3 is 3.00 bits per heavy atom. The highest BCUT2D eigenvalue weighted by atomic mass is 19.1. The molecule has 0 bridgehead atoms. The van der Waals surface area contributed by atoms with Crippen LogP contribution in [0.5, 0.6) is 0 Å². The highest BCUT2D eigenvalue weighted by Crippen LogP contribution is 2.36. The van der Waals surface area contributed by atoms with Gasteiger partial charge in [0, 0.05) is 37.2 Å². The summed E-state index contributed by atoms with van der Waals surface area (Å²) in [5.41, 5.74) is 2.85. The SMILES string of the molecule is O=C(O)C[C@@H](c1cccc(F)c1)[C@@H]1CCN(CCCc2ccc3c(n2)NCCC3)C1=O. The summed E-state index contributed by atoms with van der Waals surface area (Å²) in [6.07, 6.45) is 4.18. The maximum atomic E-state index is 13.7. The van der Waals surface area contributed by atoms with Gasteiger partial charge in [0.1, 0.15) is 11.6 Å². The minimum atomic E-state index is -0.979. The van der Waals surface area contributed by atoms with Gasteiger partial charge in [-0.3, -0.25) is 9.59 Å². The first-order valence-electron chi connectivity index (χ1n) is 11.0. The number of aryl methyl sites for hydroxylation is 2. The number of anilines is 1. The molecule has 1 aromatic carbocycles. The van der Waals surface area contributed by atoms with Crippen molar-refractivity contribution in [2.24, 2.45) is 5.92 Å². The number of halogens is 1. The Morgan fingerprint density at radius 2 is 2.19 bits per heavy atom. The predicted octanol–water partition coefficient (Wildman–Crippen LogP) is 3.62. The van der Waals surface area contributed by atoms with Crippen molar-refractivity contribution in [2.75, 3.05) is 25.0 Å². The molecule has 7 heteroatoms. The fourth-order valence-corrected chi connectivity index (χ4v) is 4.74. The van der Waals surface area contributed by atoms with Gasteiger partial charge in [-0.05, 0) is 61.4 Å². The Kier molecular flexibility index (Phi) is 6.49. The first-order valence-corrected chi connectivity index (χ1v) is 11.0. The molecule has 6 nitrogen and oxygen atoms in total. The van der Waals surface area contributed by atoms with E-state index in [1.165, 1.54) is 17.7 Å². The molecule has 1 saturated heterocycles. The van der Waals surface area contributed by atoms with E-state index in [2.05, 4.69) is 17.4 Å². The summed E-state index contributed by atoms with van der Waals surface area (Å²) < 4.78 is 13.7. The number of hydrogen-bond donors (Lipinski definition) is 2. The summed E-state index contributed by atoms with van der Waals surface area (Å²) in [4.78, 5) is 31.0. The Labute approximate surface area is 181 Å². The molecule has 0 aliphatic carbocycles. The minimum absolute atomic E-state index is 0.0319. The van der Waals surface area contributed by atoms with Crippen molar-refractivity contribution in [3.63, 3.8) is 0 Å². The van der Waals surface area contributed by atoms with E-state index in [-0.39, 0.29) is 12.3 Å². The normalized spacial score (nSPS) is 19.1. The highest BCUT2D eigenvalue weighted by molar-refractivity contribution is 5.83. The number of aliphatic carboxylic acids is 1. The van der Waals surface area contributed by atoms with Gasteiger partial charge in [-0.1, -0.05) is 18.2 Å². The monoisotopic (exact) mass is 425 g/mol. The van der Waals surface area contributed by atoms with Crippen LogP contribution in [0.3, 0.4) is 0 Å². The second kappa shape index (κ2) is 9.45. The van der Waals surface area contributed by atoms with E-state index in [9.17, 15) is 19.1 Å². The lowest BCUT2D eigenvalue weighted by molar-refractivity contribution is -0.138. The molecule has 0 unspecified atom stereocenters. The van der Waals surface area contributed by atoms with Crippen molar-refractivity contribution in [3.8, 4) is 0 Å². The maximum Gasteiger partial charge on any atom is 0.303 e. The number of fused-ring (bicyclic) bond motifs is 1. The zero-order valence-corrected chi connectivity index (χ0v) is 17.5. The van der Waals surface area contributed by atoms with Crippen LogP contribution in [0.25, 0.3) is 0 Å². The molecule has 0 spiro atoms. The van der Waals surface area contributed by atoms with Gasteiger partial charge in [0.2, 0.25) is 5.91 Å². The molecule has 1 amide bonds. The number of hydrogen-bond acceptors (Lipinski definition) is 4. The molecule has 2 atom stereocenters. The molecular weight excluding hydrogens is 397 g/mol. The van der Waals surface area contributed by atoms with E-state index in [0.717, 1.165) is 43.7 Å². The van der Waals surface area contributed by atoms with Crippen LogP contribution in [0.1, 0.15) is 48.4 Å². The highest BCUT2D eigenvalue weighted by Gasteiger charge is 2.38. The Balaban J connectivity index is 1.37. The number of carboxylic acids is 1. The summed E-state index contributed by atoms with van der Waals surface area (Å²) in [5.74, 6) is -1.39. The van der Waals surface area contributed by atoms with Gasteiger partial charge < -0.3 is 15.3 Å². The number of benzene rings is 1. The van der Waals surface area contributed by atoms with E-state index in [0.29, 0.717) is 25.1 Å². The number of pyridine rings is 1. The summed E-state index contributed by atoms with van der Waals surface area (Å²) in [5, 5.41) is 12.7. The standard InChI is InChI=1S/C24H28FN3O3/c25-18-6-1-4-17(14-18)21(15-22(29)30)20-10-13-28(24(20)31)12-3-7-19-9-8-16-5-2-11-26-23(16)27-19/h1,4,6,8-9,14,20-21H,2-3,5,7,10-13,15H2,(H,26,27)(H,29,30)/t20-,21-/m0/s1. The van der Waals surface area contributed by atoms with Crippen LogP contribution < -0.4 is 5.32 Å². The lowest BCUT2D eigenvalue weighted by Crippen LogP contribution is -2.31. The van der Waals surface area contributed by atoms with E-state index in [1.54, 1.807) is 12.1 Å². The largest absolute Gasteiger partial charge is 0.481 e. The Morgan fingerprint density at radius 1 is 1.32 bits per heavy atom. The molecule has 31 heavy (non-hydrogen) atoms. The fraction of sp³-hybridized carbons (Fsp3) is 0.458. The number of amides is 1. The van der Waals surface area contributed by atoms with Gasteiger partial charge >= 0.3 is 5.97 Å². The number of carbonyl (C=O) groups excluding carboxylic acids is 1. The third-order valence-corrected chi connectivity index (χ3v) is 6.31. The molecule has 0 saturated carbocycles. The van der Waals surface area contributed by atoms with Crippen molar-refractivity contribution in [1.82, 2.24) is 9.88 Å². The van der Waals surface area contributed by atoms with E-state index < -0.39 is 23.6 Å². The number of carbonyl (C=O) groups is 2. The summed E-state index contributed by atoms with van der Waals surface area (Å²) >= 11 is 0. The molecule has 2 N–H and O–H groups in total. The van der Waals surface area contributed by atoms with Crippen LogP contribution in [0, 0.1) is 11.7 Å². The molecule has 4 rings (SSSR count). The van der Waals surface area contributed by atoms with Crippen LogP contribution in [0.4, 0.5) is 10.2 Å². The number of rotatable bonds is 8. The number of likely N-dealkylation sites (tertiary alicyclic amines) is 1. The van der Waals surface area contributed by atoms with Crippen LogP contribution in [0.2, 0.25) is 0 Å². The topological polar surface area (TPSA) is 82.5 Å². The quantitative estimate of drug-likeness (QED) is 0.675. The van der Waals surface area contributed by atoms with Gasteiger partial charge in [-0.25, -0.2) is 9.37 Å². The van der Waals surface area contributed by atoms with Gasteiger partial charge in [0.15, 0.2) is 0 Å². The molecule has 2 aliphatic heterocycles. The zero-order valence-electron chi connectivity index (χ0n) is 17.5. The number of nitrogens with one attached hydrogen (secondary N) is 1. The molecular formula is C24H28FN3O3. The molecule has 3 heterocycles. The second-order valence-electron chi connectivity index (χ2n) is 8.42. The third kappa shape index (κ3) is 5.03. The minimum Gasteiger partial charge on any atom is -0.481 e. The zero-order chi connectivity index (χ0) is 21.8. The van der Waals surface area contributed by atoms with Gasteiger partial charge in [-0.15, -0.1) is 0 Å². The fourth-order valence-electron chi connectivity index (χ4n) is 4.74. The lowest BCUT2D eigenvalue weighted by atomic mass is 9.82. The molecule has 2 aliphatic rings. The molecule has 2 aromatic rings. The molecule has 1 aromatic heterocycles. The average Bonchev–Trinajstić information content (AvgIpc) is 3.12. The van der Waals surface area contributed by atoms with Gasteiger partial charge in [-0.2, -0.15) is 0 Å². The number of aromatic nitrogens is 1. The first-order chi connectivity index (χ1) is 15.0. The number of nitrogens with zero attached hydrogens (tertiary/aromatic N) is 2. The van der Waals surface area contributed by atoms with Crippen LogP contribution in [-0.4, -0.2) is 46.5 Å². The lowest BCUT2D eigenvalue weighted by Gasteiger charge is -2.23. The average molecular weight is 426 g/mol. The van der Waals surface area contributed by atoms with E-state index in [1.807, 2.05) is 4.90 Å². The summed E-state index contributed by atoms with van der Waals surface area (Å²) in [6.45, 7) is 2.18. The summed E-state index contributed by atoms with van der Waals surface area (Å²) in [6, 6.07) is 10.1. The summed E-state index contributed by atoms with van der Waals surface area (Å²) in [7, 11) is 0. The van der Waals surface area contributed by atoms with Crippen molar-refractivity contribution >= 4 is 17.7 Å². The maximum absolute atomic E-state index is 13.7. The first kappa shape index (κ1) is 21.3.